The van der Waals surface area contributed by atoms with Crippen molar-refractivity contribution in [3.8, 4) is 11.8 Å². The van der Waals surface area contributed by atoms with E-state index in [0.29, 0.717) is 17.4 Å². The van der Waals surface area contributed by atoms with Crippen molar-refractivity contribution in [3.05, 3.63) is 23.8 Å². The zero-order chi connectivity index (χ0) is 19.3. The Morgan fingerprint density at radius 1 is 1.27 bits per heavy atom. The van der Waals surface area contributed by atoms with Gasteiger partial charge in [0, 0.05) is 30.9 Å². The largest absolute Gasteiger partial charge is 0.495 e. The highest BCUT2D eigenvalue weighted by Gasteiger charge is 2.29. The number of methoxy groups -OCH3 is 1. The molecule has 2 rings (SSSR count). The number of carbonyl (C=O) groups excluding carboxylic acids is 1. The number of anilines is 1. The fourth-order valence-electron chi connectivity index (χ4n) is 3.20. The van der Waals surface area contributed by atoms with Crippen LogP contribution in [0.25, 0.3) is 0 Å². The number of ether oxygens (including phenoxy) is 2. The molecule has 1 fully saturated rings. The zero-order valence-electron chi connectivity index (χ0n) is 16.3. The van der Waals surface area contributed by atoms with Gasteiger partial charge in [-0.25, -0.2) is 4.79 Å². The minimum absolute atomic E-state index is 0.207. The zero-order valence-corrected chi connectivity index (χ0v) is 16.3. The second-order valence-electron chi connectivity index (χ2n) is 7.77. The molecule has 1 aromatic carbocycles. The maximum atomic E-state index is 12.2. The SMILES string of the molecule is COc1cc(NC2CCC(N(C)C(=O)OC(C)(C)C)CC2)ccc1C#N. The van der Waals surface area contributed by atoms with Gasteiger partial charge in [-0.1, -0.05) is 0 Å². The van der Waals surface area contributed by atoms with E-state index < -0.39 is 5.60 Å². The van der Waals surface area contributed by atoms with Crippen LogP contribution in [0.5, 0.6) is 5.75 Å². The summed E-state index contributed by atoms with van der Waals surface area (Å²) in [5.74, 6) is 0.579. The van der Waals surface area contributed by atoms with Crippen LogP contribution in [0, 0.1) is 11.3 Å². The Labute approximate surface area is 156 Å². The van der Waals surface area contributed by atoms with E-state index in [0.717, 1.165) is 31.4 Å². The highest BCUT2D eigenvalue weighted by Crippen LogP contribution is 2.28. The Morgan fingerprint density at radius 3 is 2.46 bits per heavy atom. The molecule has 0 atom stereocenters. The highest BCUT2D eigenvalue weighted by molar-refractivity contribution is 5.68. The van der Waals surface area contributed by atoms with Gasteiger partial charge in [0.2, 0.25) is 0 Å². The predicted octanol–water partition coefficient (Wildman–Crippen LogP) is 4.16. The lowest BCUT2D eigenvalue weighted by Crippen LogP contribution is -2.43. The Kier molecular flexibility index (Phi) is 6.36. The van der Waals surface area contributed by atoms with Crippen LogP contribution in [0.1, 0.15) is 52.0 Å². The van der Waals surface area contributed by atoms with E-state index in [2.05, 4.69) is 11.4 Å². The van der Waals surface area contributed by atoms with Crippen molar-refractivity contribution >= 4 is 11.8 Å². The van der Waals surface area contributed by atoms with Crippen LogP contribution in [0.2, 0.25) is 0 Å². The van der Waals surface area contributed by atoms with Crippen molar-refractivity contribution < 1.29 is 14.3 Å². The van der Waals surface area contributed by atoms with Crippen LogP contribution >= 0.6 is 0 Å². The third-order valence-corrected chi connectivity index (χ3v) is 4.62. The molecule has 0 radical (unpaired) electrons. The predicted molar refractivity (Wildman–Crippen MR) is 101 cm³/mol. The number of hydrogen-bond acceptors (Lipinski definition) is 5. The van der Waals surface area contributed by atoms with E-state index in [-0.39, 0.29) is 12.1 Å². The maximum Gasteiger partial charge on any atom is 0.410 e. The minimum Gasteiger partial charge on any atom is -0.495 e. The molecule has 0 heterocycles. The Morgan fingerprint density at radius 2 is 1.92 bits per heavy atom. The van der Waals surface area contributed by atoms with Crippen LogP contribution < -0.4 is 10.1 Å². The number of nitriles is 1. The molecule has 0 aromatic heterocycles. The van der Waals surface area contributed by atoms with Crippen molar-refractivity contribution in [2.75, 3.05) is 19.5 Å². The Balaban J connectivity index is 1.89. The van der Waals surface area contributed by atoms with Gasteiger partial charge in [0.1, 0.15) is 17.4 Å². The third kappa shape index (κ3) is 5.29. The summed E-state index contributed by atoms with van der Waals surface area (Å²) >= 11 is 0. The normalized spacial score (nSPS) is 20.0. The number of amides is 1. The number of benzene rings is 1. The molecule has 1 aliphatic rings. The van der Waals surface area contributed by atoms with Crippen LogP contribution in [0.4, 0.5) is 10.5 Å². The first kappa shape index (κ1) is 19.9. The molecule has 1 N–H and O–H groups in total. The van der Waals surface area contributed by atoms with Crippen molar-refractivity contribution in [1.29, 1.82) is 5.26 Å². The van der Waals surface area contributed by atoms with Gasteiger partial charge in [-0.15, -0.1) is 0 Å². The van der Waals surface area contributed by atoms with Crippen LogP contribution in [-0.2, 0) is 4.74 Å². The summed E-state index contributed by atoms with van der Waals surface area (Å²) in [6.45, 7) is 5.64. The molecule has 6 heteroatoms. The van der Waals surface area contributed by atoms with Gasteiger partial charge < -0.3 is 19.7 Å². The molecule has 1 amide bonds. The molecule has 0 unspecified atom stereocenters. The van der Waals surface area contributed by atoms with E-state index in [1.807, 2.05) is 40.0 Å². The van der Waals surface area contributed by atoms with Crippen LogP contribution in [0.15, 0.2) is 18.2 Å². The average Bonchev–Trinajstić information content (AvgIpc) is 2.60. The molecule has 142 valence electrons. The summed E-state index contributed by atoms with van der Waals surface area (Å²) in [5.41, 5.74) is 1.00. The van der Waals surface area contributed by atoms with Crippen molar-refractivity contribution in [1.82, 2.24) is 4.90 Å². The second kappa shape index (κ2) is 8.31. The van der Waals surface area contributed by atoms with E-state index >= 15 is 0 Å². The molecule has 1 aromatic rings. The molecule has 26 heavy (non-hydrogen) atoms. The molecule has 6 nitrogen and oxygen atoms in total. The molecular formula is C20H29N3O3. The number of nitrogens with one attached hydrogen (secondary N) is 1. The minimum atomic E-state index is -0.473. The summed E-state index contributed by atoms with van der Waals surface area (Å²) in [5, 5.41) is 12.6. The summed E-state index contributed by atoms with van der Waals surface area (Å²) < 4.78 is 10.7. The summed E-state index contributed by atoms with van der Waals surface area (Å²) in [7, 11) is 3.38. The van der Waals surface area contributed by atoms with Gasteiger partial charge >= 0.3 is 6.09 Å². The highest BCUT2D eigenvalue weighted by atomic mass is 16.6. The lowest BCUT2D eigenvalue weighted by molar-refractivity contribution is 0.0185. The van der Waals surface area contributed by atoms with Crippen molar-refractivity contribution in [2.45, 2.75) is 64.1 Å². The fourth-order valence-corrected chi connectivity index (χ4v) is 3.20. The number of hydrogen-bond donors (Lipinski definition) is 1. The molecule has 1 saturated carbocycles. The average molecular weight is 359 g/mol. The molecular weight excluding hydrogens is 330 g/mol. The standard InChI is InChI=1S/C20H29N3O3/c1-20(2,3)26-19(24)23(4)17-10-8-15(9-11-17)22-16-7-6-14(13-21)18(12-16)25-5/h6-7,12,15,17,22H,8-11H2,1-5H3. The first-order valence-corrected chi connectivity index (χ1v) is 9.04. The monoisotopic (exact) mass is 359 g/mol. The van der Waals surface area contributed by atoms with Gasteiger partial charge in [0.25, 0.3) is 0 Å². The van der Waals surface area contributed by atoms with Crippen LogP contribution in [-0.4, -0.2) is 42.8 Å². The summed E-state index contributed by atoms with van der Waals surface area (Å²) in [6.07, 6.45) is 3.55. The fraction of sp³-hybridized carbons (Fsp3) is 0.600. The van der Waals surface area contributed by atoms with E-state index in [9.17, 15) is 4.79 Å². The molecule has 0 aliphatic heterocycles. The first-order valence-electron chi connectivity index (χ1n) is 9.04. The molecule has 1 aliphatic carbocycles. The molecule has 0 bridgehead atoms. The van der Waals surface area contributed by atoms with Gasteiger partial charge in [0.05, 0.1) is 12.7 Å². The first-order chi connectivity index (χ1) is 12.2. The van der Waals surface area contributed by atoms with Gasteiger partial charge in [0.15, 0.2) is 0 Å². The van der Waals surface area contributed by atoms with Gasteiger partial charge in [-0.2, -0.15) is 5.26 Å². The van der Waals surface area contributed by atoms with Gasteiger partial charge in [-0.05, 0) is 58.6 Å². The molecule has 0 saturated heterocycles. The van der Waals surface area contributed by atoms with Crippen LogP contribution in [0.3, 0.4) is 0 Å². The quantitative estimate of drug-likeness (QED) is 0.874. The van der Waals surface area contributed by atoms with E-state index in [1.54, 1.807) is 18.1 Å². The van der Waals surface area contributed by atoms with Gasteiger partial charge in [-0.3, -0.25) is 0 Å². The number of rotatable bonds is 4. The maximum absolute atomic E-state index is 12.2. The Hall–Kier alpha value is -2.42. The van der Waals surface area contributed by atoms with Crippen molar-refractivity contribution in [3.63, 3.8) is 0 Å². The molecule has 0 spiro atoms. The summed E-state index contributed by atoms with van der Waals surface area (Å²) in [6, 6.07) is 8.20. The van der Waals surface area contributed by atoms with E-state index in [1.165, 1.54) is 0 Å². The third-order valence-electron chi connectivity index (χ3n) is 4.62. The lowest BCUT2D eigenvalue weighted by Gasteiger charge is -2.36. The topological polar surface area (TPSA) is 74.6 Å². The van der Waals surface area contributed by atoms with Crippen molar-refractivity contribution in [2.24, 2.45) is 0 Å². The number of carbonyl (C=O) groups is 1. The summed E-state index contributed by atoms with van der Waals surface area (Å²) in [4.78, 5) is 13.9. The number of nitrogens with zero attached hydrogens (tertiary/aromatic N) is 2. The smallest absolute Gasteiger partial charge is 0.410 e. The second-order valence-corrected chi connectivity index (χ2v) is 7.77. The Bertz CT molecular complexity index is 668. The van der Waals surface area contributed by atoms with E-state index in [4.69, 9.17) is 14.7 Å². The lowest BCUT2D eigenvalue weighted by atomic mass is 9.90.